The van der Waals surface area contributed by atoms with Crippen LogP contribution in [0.4, 0.5) is 0 Å². The Balaban J connectivity index is 1.66. The van der Waals surface area contributed by atoms with Gasteiger partial charge in [-0.25, -0.2) is 0 Å². The van der Waals surface area contributed by atoms with Gasteiger partial charge < -0.3 is 0 Å². The Bertz CT molecular complexity index is 1240. The maximum atomic E-state index is 12.9. The molecule has 0 saturated carbocycles. The number of carbonyl (C=O) groups excluding carboxylic acids is 1. The second-order valence-corrected chi connectivity index (χ2v) is 8.82. The molecule has 3 aromatic rings. The van der Waals surface area contributed by atoms with Crippen molar-refractivity contribution in [1.29, 1.82) is 0 Å². The van der Waals surface area contributed by atoms with E-state index in [1.54, 1.807) is 4.90 Å². The van der Waals surface area contributed by atoms with Crippen molar-refractivity contribution in [2.75, 3.05) is 7.05 Å². The van der Waals surface area contributed by atoms with E-state index >= 15 is 0 Å². The van der Waals surface area contributed by atoms with Crippen LogP contribution in [0.2, 0.25) is 0 Å². The van der Waals surface area contributed by atoms with Crippen molar-refractivity contribution >= 4 is 29.8 Å². The van der Waals surface area contributed by atoms with Gasteiger partial charge in [0.05, 0.1) is 5.52 Å². The molecule has 3 nitrogen and oxygen atoms in total. The zero-order chi connectivity index (χ0) is 23.4. The average Bonchev–Trinajstić information content (AvgIpc) is 2.72. The first kappa shape index (κ1) is 23.4. The first-order valence-corrected chi connectivity index (χ1v) is 10.9. The van der Waals surface area contributed by atoms with E-state index in [9.17, 15) is 4.79 Å². The van der Waals surface area contributed by atoms with Gasteiger partial charge in [0, 0.05) is 11.6 Å². The normalized spacial score (nSPS) is 11.4. The molecule has 32 heavy (non-hydrogen) atoms. The average molecular weight is 422 g/mol. The van der Waals surface area contributed by atoms with E-state index < -0.39 is 0 Å². The molecule has 1 amide bonds. The van der Waals surface area contributed by atoms with Crippen molar-refractivity contribution in [2.24, 2.45) is 0 Å². The van der Waals surface area contributed by atoms with E-state index in [2.05, 4.69) is 62.4 Å². The Morgan fingerprint density at radius 3 is 2.50 bits per heavy atom. The molecule has 0 unspecified atom stereocenters. The van der Waals surface area contributed by atoms with Crippen LogP contribution in [-0.2, 0) is 17.8 Å². The number of hydrogen-bond donors (Lipinski definition) is 0. The van der Waals surface area contributed by atoms with Crippen LogP contribution < -0.4 is 0 Å². The van der Waals surface area contributed by atoms with Crippen molar-refractivity contribution in [3.63, 3.8) is 0 Å². The molecule has 0 N–H and O–H groups in total. The molecule has 0 radical (unpaired) electrons. The van der Waals surface area contributed by atoms with Crippen molar-refractivity contribution < 1.29 is 4.79 Å². The van der Waals surface area contributed by atoms with E-state index in [4.69, 9.17) is 0 Å². The summed E-state index contributed by atoms with van der Waals surface area (Å²) >= 11 is 0. The number of likely N-dealkylation sites (N-methyl/N-ethyl adjacent to an activating group) is 1. The Hall–Kier alpha value is -3.27. The molecule has 162 valence electrons. The Kier molecular flexibility index (Phi) is 7.24. The van der Waals surface area contributed by atoms with Crippen molar-refractivity contribution in [3.8, 4) is 0 Å². The van der Waals surface area contributed by atoms with Crippen LogP contribution in [-0.4, -0.2) is 35.8 Å². The minimum absolute atomic E-state index is 0.0654. The van der Waals surface area contributed by atoms with Crippen LogP contribution in [0.5, 0.6) is 0 Å². The summed E-state index contributed by atoms with van der Waals surface area (Å²) in [5.74, 6) is -0.0654. The molecule has 2 aromatic carbocycles. The van der Waals surface area contributed by atoms with Crippen LogP contribution >= 0.6 is 0 Å². The summed E-state index contributed by atoms with van der Waals surface area (Å²) in [5, 5.41) is 1.14. The van der Waals surface area contributed by atoms with Crippen LogP contribution in [0.1, 0.15) is 41.7 Å². The summed E-state index contributed by atoms with van der Waals surface area (Å²) < 4.78 is 0. The number of pyridine rings is 1. The molecule has 4 heteroatoms. The van der Waals surface area contributed by atoms with E-state index in [1.807, 2.05) is 46.2 Å². The van der Waals surface area contributed by atoms with Gasteiger partial charge >= 0.3 is 128 Å². The molecule has 1 aromatic heterocycles. The number of fused-ring (bicyclic) bond motifs is 1. The Labute approximate surface area is 192 Å². The molecule has 0 atom stereocenters. The van der Waals surface area contributed by atoms with Crippen LogP contribution in [0, 0.1) is 13.8 Å². The van der Waals surface area contributed by atoms with Crippen LogP contribution in [0.3, 0.4) is 0 Å². The monoisotopic (exact) mass is 422 g/mol. The van der Waals surface area contributed by atoms with E-state index in [1.165, 1.54) is 11.1 Å². The predicted octanol–water partition coefficient (Wildman–Crippen LogP) is 5.00. The number of aryl methyl sites for hydroxylation is 2. The number of hydrogen-bond acceptors (Lipinski definition) is 2. The molecule has 0 fully saturated rings. The molecule has 0 saturated heterocycles. The number of allylic oxidation sites excluding steroid dienone is 1. The van der Waals surface area contributed by atoms with Gasteiger partial charge in [-0.15, -0.1) is 0 Å². The molecule has 0 aliphatic rings. The second kappa shape index (κ2) is 9.91. The van der Waals surface area contributed by atoms with Crippen molar-refractivity contribution in [1.82, 2.24) is 9.88 Å². The number of carbonyl (C=O) groups is 1. The third-order valence-corrected chi connectivity index (χ3v) is 5.58. The van der Waals surface area contributed by atoms with Gasteiger partial charge in [0.25, 0.3) is 0 Å². The van der Waals surface area contributed by atoms with Crippen LogP contribution in [0.25, 0.3) is 10.9 Å². The van der Waals surface area contributed by atoms with Crippen molar-refractivity contribution in [2.45, 2.75) is 40.7 Å². The Morgan fingerprint density at radius 2 is 1.81 bits per heavy atom. The van der Waals surface area contributed by atoms with Gasteiger partial charge in [0.2, 0.25) is 0 Å². The minimum atomic E-state index is -0.0654. The Morgan fingerprint density at radius 1 is 1.09 bits per heavy atom. The van der Waals surface area contributed by atoms with E-state index in [0.29, 0.717) is 12.1 Å². The molecule has 0 aliphatic carbocycles. The third kappa shape index (κ3) is 5.70. The summed E-state index contributed by atoms with van der Waals surface area (Å²) in [5.41, 5.74) is 9.40. The number of rotatable bonds is 7. The fourth-order valence-electron chi connectivity index (χ4n) is 4.03. The molecule has 0 spiro atoms. The quantitative estimate of drug-likeness (QED) is 0.305. The van der Waals surface area contributed by atoms with Crippen molar-refractivity contribution in [3.05, 3.63) is 100 Å². The first-order chi connectivity index (χ1) is 15.1. The first-order valence-electron chi connectivity index (χ1n) is 10.9. The molecule has 1 heterocycles. The molecule has 3 rings (SSSR count). The number of nitrogens with zero attached hydrogens (tertiary/aromatic N) is 2. The predicted molar refractivity (Wildman–Crippen MR) is 138 cm³/mol. The summed E-state index contributed by atoms with van der Waals surface area (Å²) in [7, 11) is 5.84. The van der Waals surface area contributed by atoms with Gasteiger partial charge in [0.15, 0.2) is 0 Å². The van der Waals surface area contributed by atoms with Gasteiger partial charge in [-0.1, -0.05) is 6.07 Å². The van der Waals surface area contributed by atoms with Crippen LogP contribution in [0.15, 0.2) is 72.5 Å². The zero-order valence-corrected chi connectivity index (χ0v) is 19.8. The summed E-state index contributed by atoms with van der Waals surface area (Å²) in [4.78, 5) is 19.0. The molecular formula is C28H31BN2O. The van der Waals surface area contributed by atoms with E-state index in [0.717, 1.165) is 45.1 Å². The van der Waals surface area contributed by atoms with E-state index in [-0.39, 0.29) is 5.91 Å². The third-order valence-electron chi connectivity index (χ3n) is 5.58. The molecular weight excluding hydrogens is 391 g/mol. The van der Waals surface area contributed by atoms with Gasteiger partial charge in [0.1, 0.15) is 0 Å². The number of benzene rings is 2. The second-order valence-electron chi connectivity index (χ2n) is 8.82. The summed E-state index contributed by atoms with van der Waals surface area (Å²) in [6.45, 7) is 12.7. The SMILES string of the molecule is B=C(C)c1ccc(CN(C)C(=O)C(=C)/C=C(\C)Cc2ccc3ncc(C)cc3c2)cc1C. The molecule has 0 aliphatic heterocycles. The standard InChI is InChI=1S/C28H31BN2O/c1-18(12-23-8-10-27-25(15-23)13-19(2)16-30-27)11-21(4)28(32)31(6)17-24-7-9-26(22(5)29)20(3)14-24/h7-11,13-16,29H,4,12,17H2,1-3,5-6H3/b18-11+. The summed E-state index contributed by atoms with van der Waals surface area (Å²) in [6, 6.07) is 14.7. The zero-order valence-electron chi connectivity index (χ0n) is 19.8. The number of amides is 1. The van der Waals surface area contributed by atoms with Gasteiger partial charge in [-0.3, -0.25) is 4.98 Å². The number of aromatic nitrogens is 1. The fraction of sp³-hybridized carbons (Fsp3) is 0.250. The van der Waals surface area contributed by atoms with Gasteiger partial charge in [-0.05, 0) is 36.2 Å². The topological polar surface area (TPSA) is 33.2 Å². The summed E-state index contributed by atoms with van der Waals surface area (Å²) in [6.07, 6.45) is 4.55. The fourth-order valence-corrected chi connectivity index (χ4v) is 4.03. The molecule has 0 bridgehead atoms. The van der Waals surface area contributed by atoms with Gasteiger partial charge in [-0.2, -0.15) is 0 Å². The maximum absolute atomic E-state index is 12.9.